The van der Waals surface area contributed by atoms with Crippen LogP contribution in [0.15, 0.2) is 70.5 Å². The standard InChI is InChI=1S/C23H28O2S.C3H8O2.C2H6/c1-5-19-16-17-24-22(19)18-25-26(23(2,3)4,20-12-8-6-9-13-20)21-14-10-7-11-15-21;1-3(2,4)5;1-2/h1,6-15,19,22H,16-18H2,2-4H3;4-5H,1-2H3;1-2H3. The Kier molecular flexibility index (Phi) is 11.7. The molecule has 0 radical (unpaired) electrons. The quantitative estimate of drug-likeness (QED) is 0.388. The summed E-state index contributed by atoms with van der Waals surface area (Å²) in [4.78, 5) is 2.46. The summed E-state index contributed by atoms with van der Waals surface area (Å²) in [5.74, 6) is 1.51. The van der Waals surface area contributed by atoms with Crippen LogP contribution in [0, 0.1) is 18.3 Å². The van der Waals surface area contributed by atoms with E-state index in [4.69, 9.17) is 25.6 Å². The fourth-order valence-electron chi connectivity index (χ4n) is 3.55. The van der Waals surface area contributed by atoms with E-state index in [1.165, 1.54) is 23.6 Å². The molecular weight excluding hydrogens is 432 g/mol. The van der Waals surface area contributed by atoms with Gasteiger partial charge < -0.3 is 19.1 Å². The molecule has 1 aliphatic heterocycles. The number of hydrogen-bond acceptors (Lipinski definition) is 4. The molecule has 5 heteroatoms. The van der Waals surface area contributed by atoms with Crippen molar-refractivity contribution in [2.24, 2.45) is 5.92 Å². The molecule has 184 valence electrons. The second-order valence-corrected chi connectivity index (χ2v) is 12.6. The highest BCUT2D eigenvalue weighted by Gasteiger charge is 2.42. The van der Waals surface area contributed by atoms with E-state index in [1.54, 1.807) is 0 Å². The van der Waals surface area contributed by atoms with Gasteiger partial charge in [-0.25, -0.2) is 0 Å². The maximum absolute atomic E-state index is 8.08. The van der Waals surface area contributed by atoms with Crippen molar-refractivity contribution in [1.29, 1.82) is 0 Å². The summed E-state index contributed by atoms with van der Waals surface area (Å²) >= 11 is 0. The lowest BCUT2D eigenvalue weighted by Crippen LogP contribution is -2.31. The van der Waals surface area contributed by atoms with Crippen LogP contribution in [-0.2, 0) is 8.92 Å². The Bertz CT molecular complexity index is 787. The summed E-state index contributed by atoms with van der Waals surface area (Å²) in [6.07, 6.45) is 6.58. The van der Waals surface area contributed by atoms with Gasteiger partial charge in [0.15, 0.2) is 5.79 Å². The molecule has 0 aromatic heterocycles. The van der Waals surface area contributed by atoms with E-state index < -0.39 is 16.1 Å². The molecule has 33 heavy (non-hydrogen) atoms. The maximum Gasteiger partial charge on any atom is 0.156 e. The number of hydrogen-bond donors (Lipinski definition) is 2. The predicted octanol–water partition coefficient (Wildman–Crippen LogP) is 6.41. The van der Waals surface area contributed by atoms with E-state index >= 15 is 0 Å². The van der Waals surface area contributed by atoms with Gasteiger partial charge in [-0.3, -0.25) is 0 Å². The van der Waals surface area contributed by atoms with Gasteiger partial charge in [0.05, 0.1) is 18.6 Å². The van der Waals surface area contributed by atoms with Gasteiger partial charge in [-0.05, 0) is 65.3 Å². The van der Waals surface area contributed by atoms with Gasteiger partial charge in [0.25, 0.3) is 0 Å². The Morgan fingerprint density at radius 2 is 1.36 bits per heavy atom. The minimum Gasteiger partial charge on any atom is -0.374 e. The van der Waals surface area contributed by atoms with E-state index in [9.17, 15) is 0 Å². The first-order valence-corrected chi connectivity index (χ1v) is 13.1. The summed E-state index contributed by atoms with van der Waals surface area (Å²) < 4.78 is 12.6. The van der Waals surface area contributed by atoms with Crippen LogP contribution in [0.5, 0.6) is 0 Å². The molecule has 0 spiro atoms. The van der Waals surface area contributed by atoms with Crippen LogP contribution in [0.3, 0.4) is 0 Å². The van der Waals surface area contributed by atoms with Gasteiger partial charge in [0.2, 0.25) is 0 Å². The van der Waals surface area contributed by atoms with Crippen LogP contribution >= 0.6 is 10.3 Å². The molecule has 2 aromatic rings. The Morgan fingerprint density at radius 1 is 0.939 bits per heavy atom. The number of ether oxygens (including phenoxy) is 1. The SMILES string of the molecule is C#CC1CCOC1COS(c1ccccc1)(c1ccccc1)C(C)(C)C.CC.CC(C)(O)O. The highest BCUT2D eigenvalue weighted by molar-refractivity contribution is 8.31. The van der Waals surface area contributed by atoms with Crippen LogP contribution in [0.25, 0.3) is 0 Å². The average molecular weight is 475 g/mol. The largest absolute Gasteiger partial charge is 0.374 e. The lowest BCUT2D eigenvalue weighted by molar-refractivity contribution is -0.127. The van der Waals surface area contributed by atoms with E-state index in [1.807, 2.05) is 13.8 Å². The van der Waals surface area contributed by atoms with E-state index in [0.717, 1.165) is 13.0 Å². The van der Waals surface area contributed by atoms with Gasteiger partial charge >= 0.3 is 0 Å². The van der Waals surface area contributed by atoms with Crippen LogP contribution in [0.1, 0.15) is 54.9 Å². The molecule has 1 aliphatic rings. The van der Waals surface area contributed by atoms with Crippen molar-refractivity contribution in [2.45, 2.75) is 81.3 Å². The molecule has 2 N–H and O–H groups in total. The fourth-order valence-corrected chi connectivity index (χ4v) is 7.28. The molecule has 3 rings (SSSR count). The van der Waals surface area contributed by atoms with Crippen LogP contribution in [-0.4, -0.2) is 40.1 Å². The number of aliphatic hydroxyl groups is 2. The summed E-state index contributed by atoms with van der Waals surface area (Å²) in [5.41, 5.74) is 0. The van der Waals surface area contributed by atoms with Gasteiger partial charge in [0.1, 0.15) is 0 Å². The van der Waals surface area contributed by atoms with Crippen molar-refractivity contribution in [1.82, 2.24) is 0 Å². The van der Waals surface area contributed by atoms with Crippen molar-refractivity contribution < 1.29 is 19.1 Å². The smallest absolute Gasteiger partial charge is 0.156 e. The van der Waals surface area contributed by atoms with Crippen molar-refractivity contribution >= 4 is 10.3 Å². The molecule has 2 unspecified atom stereocenters. The molecule has 1 saturated heterocycles. The molecule has 4 nitrogen and oxygen atoms in total. The molecule has 0 saturated carbocycles. The topological polar surface area (TPSA) is 58.9 Å². The maximum atomic E-state index is 8.08. The summed E-state index contributed by atoms with van der Waals surface area (Å²) in [6.45, 7) is 14.6. The highest BCUT2D eigenvalue weighted by Crippen LogP contribution is 2.71. The third-order valence-electron chi connectivity index (χ3n) is 4.85. The molecule has 1 heterocycles. The van der Waals surface area contributed by atoms with Crippen LogP contribution in [0.2, 0.25) is 0 Å². The van der Waals surface area contributed by atoms with Crippen LogP contribution < -0.4 is 0 Å². The Morgan fingerprint density at radius 3 is 1.73 bits per heavy atom. The average Bonchev–Trinajstić information content (AvgIpc) is 3.23. The molecule has 1 fully saturated rings. The molecule has 0 aliphatic carbocycles. The molecular formula is C28H42O4S. The summed E-state index contributed by atoms with van der Waals surface area (Å²) in [5, 5.41) is 16.2. The molecule has 0 bridgehead atoms. The van der Waals surface area contributed by atoms with E-state index in [0.29, 0.717) is 6.61 Å². The zero-order chi connectivity index (χ0) is 25.1. The van der Waals surface area contributed by atoms with Crippen LogP contribution in [0.4, 0.5) is 0 Å². The number of benzene rings is 2. The third-order valence-corrected chi connectivity index (χ3v) is 8.93. The highest BCUT2D eigenvalue weighted by atomic mass is 32.3. The van der Waals surface area contributed by atoms with Gasteiger partial charge in [-0.1, -0.05) is 60.6 Å². The van der Waals surface area contributed by atoms with Gasteiger partial charge in [0, 0.05) is 21.1 Å². The fraction of sp³-hybridized carbons (Fsp3) is 0.500. The minimum atomic E-state index is -1.74. The third kappa shape index (κ3) is 8.48. The minimum absolute atomic E-state index is 0.0263. The zero-order valence-corrected chi connectivity index (χ0v) is 22.1. The van der Waals surface area contributed by atoms with Gasteiger partial charge in [-0.15, -0.1) is 12.3 Å². The lowest BCUT2D eigenvalue weighted by Gasteiger charge is -2.50. The first-order valence-electron chi connectivity index (χ1n) is 11.6. The zero-order valence-electron chi connectivity index (χ0n) is 21.2. The number of rotatable bonds is 5. The Hall–Kier alpha value is -1.81. The summed E-state index contributed by atoms with van der Waals surface area (Å²) in [6, 6.07) is 21.2. The second kappa shape index (κ2) is 13.2. The summed E-state index contributed by atoms with van der Waals surface area (Å²) in [7, 11) is -1.74. The molecule has 2 atom stereocenters. The Balaban J connectivity index is 0.000000689. The van der Waals surface area contributed by atoms with Crippen molar-refractivity contribution in [2.75, 3.05) is 13.2 Å². The normalized spacial score (nSPS) is 18.8. The molecule has 2 aromatic carbocycles. The second-order valence-electron chi connectivity index (χ2n) is 9.04. The van der Waals surface area contributed by atoms with E-state index in [-0.39, 0.29) is 16.8 Å². The molecule has 0 amide bonds. The van der Waals surface area contributed by atoms with E-state index in [2.05, 4.69) is 87.4 Å². The number of terminal acetylenes is 1. The van der Waals surface area contributed by atoms with Crippen molar-refractivity contribution in [3.63, 3.8) is 0 Å². The van der Waals surface area contributed by atoms with Crippen molar-refractivity contribution in [3.05, 3.63) is 60.7 Å². The Labute approximate surface area is 202 Å². The first-order chi connectivity index (χ1) is 15.5. The monoisotopic (exact) mass is 474 g/mol. The predicted molar refractivity (Wildman–Crippen MR) is 139 cm³/mol. The van der Waals surface area contributed by atoms with Crippen molar-refractivity contribution in [3.8, 4) is 12.3 Å². The first kappa shape index (κ1) is 29.2. The lowest BCUT2D eigenvalue weighted by atomic mass is 10.0. The van der Waals surface area contributed by atoms with Gasteiger partial charge in [-0.2, -0.15) is 0 Å².